The number of aromatic nitrogens is 1. The molecule has 1 aliphatic heterocycles. The van der Waals surface area contributed by atoms with Crippen molar-refractivity contribution in [3.05, 3.63) is 63.5 Å². The predicted molar refractivity (Wildman–Crippen MR) is 112 cm³/mol. The van der Waals surface area contributed by atoms with Gasteiger partial charge in [-0.15, -0.1) is 0 Å². The minimum Gasteiger partial charge on any atom is -0.386 e. The fourth-order valence-electron chi connectivity index (χ4n) is 3.08. The maximum absolute atomic E-state index is 13.0. The molecule has 0 saturated carbocycles. The summed E-state index contributed by atoms with van der Waals surface area (Å²) in [4.78, 5) is 18.8. The number of aliphatic hydroxyl groups is 1. The van der Waals surface area contributed by atoms with Gasteiger partial charge in [-0.05, 0) is 64.8 Å². The third-order valence-electron chi connectivity index (χ3n) is 4.52. The minimum absolute atomic E-state index is 0. The number of aliphatic hydroxyl groups excluding tert-OH is 1. The Labute approximate surface area is 169 Å². The normalized spacial score (nSPS) is 16.0. The predicted octanol–water partition coefficient (Wildman–Crippen LogP) is 3.14. The van der Waals surface area contributed by atoms with Gasteiger partial charge in [0.15, 0.2) is 0 Å². The molecule has 0 unspecified atom stereocenters. The number of amides is 1. The molecule has 0 aliphatic carbocycles. The highest BCUT2D eigenvalue weighted by Crippen LogP contribution is 2.21. The van der Waals surface area contributed by atoms with Crippen LogP contribution in [0.1, 0.15) is 37.5 Å². The zero-order valence-electron chi connectivity index (χ0n) is 13.9. The van der Waals surface area contributed by atoms with Gasteiger partial charge >= 0.3 is 0 Å². The standard InChI is InChI=1S/C19H22IN3O2.CH4/c20-16-6-2-1-5-15(16)13-22-17(19(25)23-11-3-4-12-23)18(24)14-7-9-21-10-8-14;/h1-2,5-10,17-18,22,24H,3-4,11-13H2;1H4/t17-,18+;/m1./s1. The average Bonchev–Trinajstić information content (AvgIpc) is 3.18. The molecule has 1 aromatic heterocycles. The molecular formula is C20H26IN3O2. The summed E-state index contributed by atoms with van der Waals surface area (Å²) in [7, 11) is 0. The molecule has 26 heavy (non-hydrogen) atoms. The highest BCUT2D eigenvalue weighted by atomic mass is 127. The van der Waals surface area contributed by atoms with E-state index >= 15 is 0 Å². The van der Waals surface area contributed by atoms with Crippen LogP contribution >= 0.6 is 22.6 Å². The van der Waals surface area contributed by atoms with Crippen LogP contribution in [-0.2, 0) is 11.3 Å². The molecule has 1 aromatic carbocycles. The number of benzene rings is 1. The molecule has 1 fully saturated rings. The monoisotopic (exact) mass is 467 g/mol. The van der Waals surface area contributed by atoms with E-state index in [4.69, 9.17) is 0 Å². The number of hydrogen-bond donors (Lipinski definition) is 2. The molecule has 0 bridgehead atoms. The number of rotatable bonds is 6. The summed E-state index contributed by atoms with van der Waals surface area (Å²) >= 11 is 2.29. The number of nitrogens with zero attached hydrogens (tertiary/aromatic N) is 2. The fourth-order valence-corrected chi connectivity index (χ4v) is 3.66. The zero-order chi connectivity index (χ0) is 17.6. The summed E-state index contributed by atoms with van der Waals surface area (Å²) in [6, 6.07) is 10.9. The molecule has 2 atom stereocenters. The van der Waals surface area contributed by atoms with E-state index in [1.54, 1.807) is 24.5 Å². The highest BCUT2D eigenvalue weighted by molar-refractivity contribution is 14.1. The smallest absolute Gasteiger partial charge is 0.242 e. The van der Waals surface area contributed by atoms with Crippen LogP contribution in [-0.4, -0.2) is 40.0 Å². The van der Waals surface area contributed by atoms with E-state index in [0.717, 1.165) is 35.1 Å². The first-order valence-electron chi connectivity index (χ1n) is 8.50. The number of carbonyl (C=O) groups excluding carboxylic acids is 1. The largest absolute Gasteiger partial charge is 0.386 e. The summed E-state index contributed by atoms with van der Waals surface area (Å²) in [5.41, 5.74) is 1.81. The van der Waals surface area contributed by atoms with Gasteiger partial charge < -0.3 is 10.0 Å². The van der Waals surface area contributed by atoms with E-state index < -0.39 is 12.1 Å². The van der Waals surface area contributed by atoms with E-state index in [9.17, 15) is 9.90 Å². The number of pyridine rings is 1. The molecule has 2 N–H and O–H groups in total. The lowest BCUT2D eigenvalue weighted by Crippen LogP contribution is -2.48. The second kappa shape index (κ2) is 9.99. The van der Waals surface area contributed by atoms with Crippen LogP contribution in [0.3, 0.4) is 0 Å². The van der Waals surface area contributed by atoms with Gasteiger partial charge in [-0.1, -0.05) is 25.6 Å². The molecule has 140 valence electrons. The van der Waals surface area contributed by atoms with Crippen molar-refractivity contribution < 1.29 is 9.90 Å². The molecule has 2 aromatic rings. The molecule has 1 aliphatic rings. The molecule has 3 rings (SSSR count). The van der Waals surface area contributed by atoms with Gasteiger partial charge in [0.1, 0.15) is 12.1 Å². The van der Waals surface area contributed by atoms with Crippen LogP contribution in [0.2, 0.25) is 0 Å². The van der Waals surface area contributed by atoms with Crippen LogP contribution < -0.4 is 5.32 Å². The summed E-state index contributed by atoms with van der Waals surface area (Å²) in [5, 5.41) is 14.1. The first-order valence-corrected chi connectivity index (χ1v) is 9.58. The molecule has 0 spiro atoms. The van der Waals surface area contributed by atoms with E-state index in [2.05, 4.69) is 32.9 Å². The Hall–Kier alpha value is -1.51. The zero-order valence-corrected chi connectivity index (χ0v) is 16.1. The van der Waals surface area contributed by atoms with E-state index in [1.807, 2.05) is 29.2 Å². The third kappa shape index (κ3) is 5.02. The highest BCUT2D eigenvalue weighted by Gasteiger charge is 2.32. The Morgan fingerprint density at radius 3 is 2.50 bits per heavy atom. The van der Waals surface area contributed by atoms with Gasteiger partial charge in [-0.2, -0.15) is 0 Å². The molecule has 1 amide bonds. The van der Waals surface area contributed by atoms with Crippen LogP contribution in [0.15, 0.2) is 48.8 Å². The van der Waals surface area contributed by atoms with Gasteiger partial charge in [-0.3, -0.25) is 15.1 Å². The van der Waals surface area contributed by atoms with Crippen molar-refractivity contribution in [3.63, 3.8) is 0 Å². The van der Waals surface area contributed by atoms with Crippen molar-refractivity contribution in [2.75, 3.05) is 13.1 Å². The lowest BCUT2D eigenvalue weighted by molar-refractivity contribution is -0.135. The topological polar surface area (TPSA) is 65.5 Å². The second-order valence-electron chi connectivity index (χ2n) is 6.21. The first kappa shape index (κ1) is 20.8. The molecular weight excluding hydrogens is 441 g/mol. The van der Waals surface area contributed by atoms with Crippen molar-refractivity contribution in [2.24, 2.45) is 0 Å². The van der Waals surface area contributed by atoms with Crippen LogP contribution in [0.25, 0.3) is 0 Å². The number of halogens is 1. The summed E-state index contributed by atoms with van der Waals surface area (Å²) in [6.45, 7) is 2.07. The molecule has 1 saturated heterocycles. The minimum atomic E-state index is -0.905. The van der Waals surface area contributed by atoms with Crippen molar-refractivity contribution >= 4 is 28.5 Å². The Morgan fingerprint density at radius 2 is 1.85 bits per heavy atom. The summed E-state index contributed by atoms with van der Waals surface area (Å²) in [5.74, 6) is -0.0345. The number of carbonyl (C=O) groups is 1. The first-order chi connectivity index (χ1) is 12.2. The maximum atomic E-state index is 13.0. The van der Waals surface area contributed by atoms with Crippen LogP contribution in [0.4, 0.5) is 0 Å². The van der Waals surface area contributed by atoms with Crippen molar-refractivity contribution in [1.29, 1.82) is 0 Å². The maximum Gasteiger partial charge on any atom is 0.242 e. The number of likely N-dealkylation sites (tertiary alicyclic amines) is 1. The molecule has 5 nitrogen and oxygen atoms in total. The Kier molecular flexibility index (Phi) is 7.99. The molecule has 6 heteroatoms. The van der Waals surface area contributed by atoms with Crippen LogP contribution in [0, 0.1) is 3.57 Å². The van der Waals surface area contributed by atoms with Crippen molar-refractivity contribution in [1.82, 2.24) is 15.2 Å². The summed E-state index contributed by atoms with van der Waals surface area (Å²) < 4.78 is 1.14. The average molecular weight is 467 g/mol. The number of hydrogen-bond acceptors (Lipinski definition) is 4. The van der Waals surface area contributed by atoms with E-state index in [1.165, 1.54) is 0 Å². The fraction of sp³-hybridized carbons (Fsp3) is 0.400. The van der Waals surface area contributed by atoms with Gasteiger partial charge in [0.25, 0.3) is 0 Å². The van der Waals surface area contributed by atoms with Crippen molar-refractivity contribution in [2.45, 2.75) is 39.0 Å². The molecule has 0 radical (unpaired) electrons. The van der Waals surface area contributed by atoms with Gasteiger partial charge in [0.05, 0.1) is 0 Å². The molecule has 2 heterocycles. The lowest BCUT2D eigenvalue weighted by atomic mass is 10.0. The van der Waals surface area contributed by atoms with Crippen molar-refractivity contribution in [3.8, 4) is 0 Å². The quantitative estimate of drug-likeness (QED) is 0.641. The number of nitrogens with one attached hydrogen (secondary N) is 1. The van der Waals surface area contributed by atoms with Gasteiger partial charge in [-0.25, -0.2) is 0 Å². The van der Waals surface area contributed by atoms with Gasteiger partial charge in [0.2, 0.25) is 5.91 Å². The Bertz CT molecular complexity index is 705. The third-order valence-corrected chi connectivity index (χ3v) is 5.57. The SMILES string of the molecule is C.O=C([C@H](NCc1ccccc1I)[C@@H](O)c1ccncc1)N1CCCC1. The second-order valence-corrected chi connectivity index (χ2v) is 7.37. The van der Waals surface area contributed by atoms with Gasteiger partial charge in [0, 0.05) is 35.6 Å². The van der Waals surface area contributed by atoms with Crippen LogP contribution in [0.5, 0.6) is 0 Å². The van der Waals surface area contributed by atoms with E-state index in [0.29, 0.717) is 12.1 Å². The Morgan fingerprint density at radius 1 is 1.19 bits per heavy atom. The lowest BCUT2D eigenvalue weighted by Gasteiger charge is -2.28. The van der Waals surface area contributed by atoms with E-state index in [-0.39, 0.29) is 13.3 Å². The Balaban J connectivity index is 0.00000243. The summed E-state index contributed by atoms with van der Waals surface area (Å²) in [6.07, 6.45) is 4.42.